The summed E-state index contributed by atoms with van der Waals surface area (Å²) in [6.45, 7) is 2.26. The van der Waals surface area contributed by atoms with Crippen molar-refractivity contribution in [2.75, 3.05) is 5.75 Å². The molecule has 1 aliphatic rings. The number of hydrogen-bond donors (Lipinski definition) is 0. The highest BCUT2D eigenvalue weighted by molar-refractivity contribution is 7.99. The van der Waals surface area contributed by atoms with Crippen molar-refractivity contribution in [1.29, 1.82) is 5.26 Å². The largest absolute Gasteiger partial charge is 0.268 e. The van der Waals surface area contributed by atoms with Crippen LogP contribution in [-0.4, -0.2) is 15.3 Å². The van der Waals surface area contributed by atoms with E-state index >= 15 is 0 Å². The molecule has 1 aromatic carbocycles. The molecule has 0 spiro atoms. The van der Waals surface area contributed by atoms with Crippen LogP contribution < -0.4 is 5.56 Å². The van der Waals surface area contributed by atoms with Gasteiger partial charge in [-0.2, -0.15) is 5.26 Å². The molecule has 0 saturated heterocycles. The normalized spacial score (nSPS) is 16.6. The smallest absolute Gasteiger partial charge is 0.267 e. The highest BCUT2D eigenvalue weighted by Gasteiger charge is 2.25. The van der Waals surface area contributed by atoms with Gasteiger partial charge in [-0.15, -0.1) is 11.3 Å². The highest BCUT2D eigenvalue weighted by atomic mass is 32.2. The van der Waals surface area contributed by atoms with Crippen LogP contribution >= 0.6 is 23.1 Å². The lowest BCUT2D eigenvalue weighted by Crippen LogP contribution is -2.22. The van der Waals surface area contributed by atoms with E-state index < -0.39 is 0 Å². The number of hydrogen-bond acceptors (Lipinski definition) is 5. The minimum absolute atomic E-state index is 0.0105. The van der Waals surface area contributed by atoms with Crippen LogP contribution in [0, 0.1) is 17.2 Å². The van der Waals surface area contributed by atoms with Gasteiger partial charge >= 0.3 is 0 Å². The second kappa shape index (κ2) is 6.66. The molecule has 3 aromatic rings. The number of thioether (sulfide) groups is 1. The summed E-state index contributed by atoms with van der Waals surface area (Å²) in [6.07, 6.45) is 3.10. The fourth-order valence-electron chi connectivity index (χ4n) is 3.37. The maximum atomic E-state index is 13.4. The Bertz CT molecular complexity index is 1030. The van der Waals surface area contributed by atoms with Crippen molar-refractivity contribution in [1.82, 2.24) is 9.55 Å². The lowest BCUT2D eigenvalue weighted by Gasteiger charge is -2.17. The molecule has 1 unspecified atom stereocenters. The Balaban J connectivity index is 2.00. The van der Waals surface area contributed by atoms with Crippen LogP contribution in [0.15, 0.2) is 40.3 Å². The average Bonchev–Trinajstić information content (AvgIpc) is 2.98. The third-order valence-electron chi connectivity index (χ3n) is 4.58. The lowest BCUT2D eigenvalue weighted by molar-refractivity contribution is 0.509. The monoisotopic (exact) mass is 367 g/mol. The number of benzene rings is 1. The van der Waals surface area contributed by atoms with Crippen molar-refractivity contribution in [2.45, 2.75) is 31.3 Å². The molecule has 0 amide bonds. The Morgan fingerprint density at radius 3 is 2.96 bits per heavy atom. The van der Waals surface area contributed by atoms with E-state index in [-0.39, 0.29) is 11.3 Å². The number of nitriles is 1. The number of para-hydroxylation sites is 1. The Morgan fingerprint density at radius 2 is 2.20 bits per heavy atom. The maximum Gasteiger partial charge on any atom is 0.267 e. The SMILES string of the molecule is CC1CCc2c(sc3nc(SCC#N)n(-c4ccccc4)c(=O)c23)C1. The molecular formula is C19H17N3OS2. The van der Waals surface area contributed by atoms with E-state index in [2.05, 4.69) is 13.0 Å². The number of thiophene rings is 1. The summed E-state index contributed by atoms with van der Waals surface area (Å²) >= 11 is 2.96. The van der Waals surface area contributed by atoms with Gasteiger partial charge in [0.1, 0.15) is 4.83 Å². The Hall–Kier alpha value is -2.10. The van der Waals surface area contributed by atoms with Crippen molar-refractivity contribution in [2.24, 2.45) is 5.92 Å². The molecule has 0 fully saturated rings. The van der Waals surface area contributed by atoms with Crippen molar-refractivity contribution >= 4 is 33.3 Å². The van der Waals surface area contributed by atoms with E-state index in [1.165, 1.54) is 22.2 Å². The van der Waals surface area contributed by atoms with Gasteiger partial charge in [-0.3, -0.25) is 9.36 Å². The summed E-state index contributed by atoms with van der Waals surface area (Å²) in [5.41, 5.74) is 1.98. The van der Waals surface area contributed by atoms with E-state index in [1.807, 2.05) is 30.3 Å². The van der Waals surface area contributed by atoms with Crippen molar-refractivity contribution < 1.29 is 0 Å². The van der Waals surface area contributed by atoms with Gasteiger partial charge in [0.05, 0.1) is 22.9 Å². The summed E-state index contributed by atoms with van der Waals surface area (Å²) < 4.78 is 1.66. The molecule has 6 heteroatoms. The first-order valence-electron chi connectivity index (χ1n) is 8.31. The summed E-state index contributed by atoms with van der Waals surface area (Å²) in [5, 5.41) is 10.3. The quantitative estimate of drug-likeness (QED) is 0.514. The minimum Gasteiger partial charge on any atom is -0.268 e. The first-order chi connectivity index (χ1) is 12.2. The summed E-state index contributed by atoms with van der Waals surface area (Å²) in [4.78, 5) is 20.3. The van der Waals surface area contributed by atoms with Crippen LogP contribution in [0.3, 0.4) is 0 Å². The molecule has 0 aliphatic heterocycles. The van der Waals surface area contributed by atoms with Gasteiger partial charge in [-0.1, -0.05) is 36.9 Å². The number of fused-ring (bicyclic) bond motifs is 3. The van der Waals surface area contributed by atoms with Gasteiger partial charge in [-0.25, -0.2) is 4.98 Å². The third-order valence-corrected chi connectivity index (χ3v) is 6.53. The maximum absolute atomic E-state index is 13.4. The summed E-state index contributed by atoms with van der Waals surface area (Å²) in [7, 11) is 0. The van der Waals surface area contributed by atoms with Crippen molar-refractivity contribution in [3.63, 3.8) is 0 Å². The zero-order valence-corrected chi connectivity index (χ0v) is 15.5. The Labute approximate surface area is 154 Å². The van der Waals surface area contributed by atoms with Crippen LogP contribution in [-0.2, 0) is 12.8 Å². The molecule has 25 heavy (non-hydrogen) atoms. The molecule has 1 atom stereocenters. The topological polar surface area (TPSA) is 58.7 Å². The van der Waals surface area contributed by atoms with Crippen molar-refractivity contribution in [3.05, 3.63) is 51.1 Å². The van der Waals surface area contributed by atoms with Crippen LogP contribution in [0.25, 0.3) is 15.9 Å². The first-order valence-corrected chi connectivity index (χ1v) is 10.1. The number of nitrogens with zero attached hydrogens (tertiary/aromatic N) is 3. The second-order valence-corrected chi connectivity index (χ2v) is 8.38. The van der Waals surface area contributed by atoms with E-state index in [0.717, 1.165) is 35.2 Å². The number of aromatic nitrogens is 2. The summed E-state index contributed by atoms with van der Waals surface area (Å²) in [6, 6.07) is 11.7. The van der Waals surface area contributed by atoms with Gasteiger partial charge in [0.2, 0.25) is 0 Å². The molecule has 2 heterocycles. The van der Waals surface area contributed by atoms with E-state index in [0.29, 0.717) is 11.1 Å². The predicted octanol–water partition coefficient (Wildman–Crippen LogP) is 4.19. The van der Waals surface area contributed by atoms with Crippen LogP contribution in [0.5, 0.6) is 0 Å². The average molecular weight is 367 g/mol. The molecule has 4 nitrogen and oxygen atoms in total. The first kappa shape index (κ1) is 16.4. The van der Waals surface area contributed by atoms with E-state index in [1.54, 1.807) is 15.9 Å². The second-order valence-electron chi connectivity index (χ2n) is 6.35. The van der Waals surface area contributed by atoms with Gasteiger partial charge in [0.25, 0.3) is 5.56 Å². The molecule has 1 aliphatic carbocycles. The lowest BCUT2D eigenvalue weighted by atomic mass is 9.89. The minimum atomic E-state index is -0.0105. The zero-order valence-electron chi connectivity index (χ0n) is 13.9. The molecule has 126 valence electrons. The summed E-state index contributed by atoms with van der Waals surface area (Å²) in [5.74, 6) is 0.928. The molecule has 0 saturated carbocycles. The molecule has 0 bridgehead atoms. The molecule has 0 N–H and O–H groups in total. The fraction of sp³-hybridized carbons (Fsp3) is 0.316. The third kappa shape index (κ3) is 2.88. The van der Waals surface area contributed by atoms with E-state index in [9.17, 15) is 4.79 Å². The van der Waals surface area contributed by atoms with Gasteiger partial charge in [-0.05, 0) is 42.9 Å². The molecule has 4 rings (SSSR count). The van der Waals surface area contributed by atoms with Crippen molar-refractivity contribution in [3.8, 4) is 11.8 Å². The molecular weight excluding hydrogens is 350 g/mol. The van der Waals surface area contributed by atoms with E-state index in [4.69, 9.17) is 10.2 Å². The Kier molecular flexibility index (Phi) is 4.36. The van der Waals surface area contributed by atoms with Gasteiger partial charge in [0.15, 0.2) is 5.16 Å². The van der Waals surface area contributed by atoms with Gasteiger partial charge in [0, 0.05) is 4.88 Å². The molecule has 2 aromatic heterocycles. The van der Waals surface area contributed by atoms with Crippen LogP contribution in [0.1, 0.15) is 23.8 Å². The van der Waals surface area contributed by atoms with Crippen LogP contribution in [0.4, 0.5) is 0 Å². The fourth-order valence-corrected chi connectivity index (χ4v) is 5.47. The highest BCUT2D eigenvalue weighted by Crippen LogP contribution is 2.36. The Morgan fingerprint density at radius 1 is 1.40 bits per heavy atom. The number of aryl methyl sites for hydroxylation is 1. The van der Waals surface area contributed by atoms with Gasteiger partial charge < -0.3 is 0 Å². The molecule has 0 radical (unpaired) electrons. The standard InChI is InChI=1S/C19H17N3OS2/c1-12-7-8-14-15(11-12)25-17-16(14)18(23)22(13-5-3-2-4-6-13)19(21-17)24-10-9-20/h2-6,12H,7-8,10-11H2,1H3. The number of rotatable bonds is 3. The van der Waals surface area contributed by atoms with Crippen LogP contribution in [0.2, 0.25) is 0 Å². The predicted molar refractivity (Wildman–Crippen MR) is 103 cm³/mol. The zero-order chi connectivity index (χ0) is 17.4.